The maximum atomic E-state index is 12.4. The molecule has 1 aromatic carbocycles. The predicted octanol–water partition coefficient (Wildman–Crippen LogP) is 3.25. The molecule has 1 heterocycles. The van der Waals surface area contributed by atoms with Crippen molar-refractivity contribution in [3.63, 3.8) is 0 Å². The first-order valence-corrected chi connectivity index (χ1v) is 8.70. The third kappa shape index (κ3) is 4.53. The van der Waals surface area contributed by atoms with Crippen molar-refractivity contribution in [2.75, 3.05) is 23.8 Å². The van der Waals surface area contributed by atoms with E-state index in [4.69, 9.17) is 0 Å². The maximum Gasteiger partial charge on any atom is 0.319 e. The lowest BCUT2D eigenvalue weighted by Gasteiger charge is -2.21. The van der Waals surface area contributed by atoms with Gasteiger partial charge in [-0.25, -0.2) is 4.79 Å². The molecule has 1 atom stereocenters. The molecule has 0 aliphatic carbocycles. The Balaban J connectivity index is 2.01. The number of para-hydroxylation sites is 2. The smallest absolute Gasteiger partial charge is 0.319 e. The molecule has 0 aliphatic rings. The first kappa shape index (κ1) is 18.8. The molecule has 2 N–H and O–H groups in total. The summed E-state index contributed by atoms with van der Waals surface area (Å²) in [6.45, 7) is 9.02. The van der Waals surface area contributed by atoms with Crippen LogP contribution in [0.2, 0.25) is 0 Å². The van der Waals surface area contributed by atoms with E-state index in [2.05, 4.69) is 34.5 Å². The van der Waals surface area contributed by atoms with Crippen LogP contribution in [0.5, 0.6) is 0 Å². The zero-order chi connectivity index (χ0) is 18.6. The largest absolute Gasteiger partial charge is 0.373 e. The number of aromatic nitrogens is 2. The number of anilines is 2. The molecule has 2 amide bonds. The fraction of sp³-hybridized carbons (Fsp3) is 0.474. The van der Waals surface area contributed by atoms with E-state index in [1.165, 1.54) is 5.56 Å². The lowest BCUT2D eigenvalue weighted by molar-refractivity contribution is 0.249. The molecule has 2 aromatic rings. The van der Waals surface area contributed by atoms with Gasteiger partial charge in [-0.1, -0.05) is 12.1 Å². The summed E-state index contributed by atoms with van der Waals surface area (Å²) in [7, 11) is 3.95. The number of rotatable bonds is 6. The second kappa shape index (κ2) is 8.05. The predicted molar refractivity (Wildman–Crippen MR) is 103 cm³/mol. The van der Waals surface area contributed by atoms with E-state index in [9.17, 15) is 4.79 Å². The van der Waals surface area contributed by atoms with Gasteiger partial charge in [0.1, 0.15) is 0 Å². The fourth-order valence-corrected chi connectivity index (χ4v) is 2.93. The molecule has 1 aromatic heterocycles. The molecular formula is C19H29N5O. The van der Waals surface area contributed by atoms with Crippen molar-refractivity contribution in [3.8, 4) is 0 Å². The summed E-state index contributed by atoms with van der Waals surface area (Å²) in [5.74, 6) is 0. The van der Waals surface area contributed by atoms with Crippen LogP contribution in [0.15, 0.2) is 24.3 Å². The fourth-order valence-electron chi connectivity index (χ4n) is 2.93. The summed E-state index contributed by atoms with van der Waals surface area (Å²) in [6, 6.07) is 7.64. The Kier molecular flexibility index (Phi) is 6.07. The molecule has 0 radical (unpaired) electrons. The van der Waals surface area contributed by atoms with Gasteiger partial charge in [0.05, 0.1) is 17.1 Å². The summed E-state index contributed by atoms with van der Waals surface area (Å²) >= 11 is 0. The van der Waals surface area contributed by atoms with Crippen LogP contribution < -0.4 is 15.5 Å². The highest BCUT2D eigenvalue weighted by atomic mass is 16.2. The van der Waals surface area contributed by atoms with Gasteiger partial charge in [-0.15, -0.1) is 0 Å². The van der Waals surface area contributed by atoms with Crippen LogP contribution in [-0.4, -0.2) is 35.4 Å². The first-order valence-electron chi connectivity index (χ1n) is 8.70. The SMILES string of the molecule is CCN(C)c1ccccc1NC(=O)N[C@@H](C)Cc1c(C)nn(C)c1C. The van der Waals surface area contributed by atoms with E-state index in [0.717, 1.165) is 35.7 Å². The second-order valence-corrected chi connectivity index (χ2v) is 6.51. The van der Waals surface area contributed by atoms with Crippen LogP contribution >= 0.6 is 0 Å². The van der Waals surface area contributed by atoms with E-state index in [1.54, 1.807) is 0 Å². The Morgan fingerprint density at radius 3 is 2.60 bits per heavy atom. The van der Waals surface area contributed by atoms with E-state index in [0.29, 0.717) is 0 Å². The van der Waals surface area contributed by atoms with Crippen molar-refractivity contribution in [3.05, 3.63) is 41.2 Å². The van der Waals surface area contributed by atoms with Crippen molar-refractivity contribution in [1.29, 1.82) is 0 Å². The van der Waals surface area contributed by atoms with E-state index in [-0.39, 0.29) is 12.1 Å². The minimum Gasteiger partial charge on any atom is -0.373 e. The van der Waals surface area contributed by atoms with Gasteiger partial charge in [-0.3, -0.25) is 4.68 Å². The van der Waals surface area contributed by atoms with Gasteiger partial charge < -0.3 is 15.5 Å². The molecular weight excluding hydrogens is 314 g/mol. The van der Waals surface area contributed by atoms with Gasteiger partial charge in [0.15, 0.2) is 0 Å². The number of carbonyl (C=O) groups is 1. The summed E-state index contributed by atoms with van der Waals surface area (Å²) in [5, 5.41) is 10.4. The summed E-state index contributed by atoms with van der Waals surface area (Å²) in [4.78, 5) is 14.5. The molecule has 0 spiro atoms. The Hall–Kier alpha value is -2.50. The van der Waals surface area contributed by atoms with Crippen LogP contribution in [0, 0.1) is 13.8 Å². The van der Waals surface area contributed by atoms with Gasteiger partial charge in [-0.2, -0.15) is 5.10 Å². The first-order chi connectivity index (χ1) is 11.8. The standard InChI is InChI=1S/C19H29N5O/c1-7-23(5)18-11-9-8-10-17(18)21-19(25)20-13(2)12-16-14(3)22-24(6)15(16)4/h8-11,13H,7,12H2,1-6H3,(H2,20,21,25)/t13-/m0/s1. The number of hydrogen-bond donors (Lipinski definition) is 2. The van der Waals surface area contributed by atoms with Crippen LogP contribution in [-0.2, 0) is 13.5 Å². The molecule has 0 unspecified atom stereocenters. The molecule has 0 bridgehead atoms. The number of benzene rings is 1. The molecule has 25 heavy (non-hydrogen) atoms. The molecule has 6 heteroatoms. The van der Waals surface area contributed by atoms with Crippen LogP contribution in [0.25, 0.3) is 0 Å². The third-order valence-corrected chi connectivity index (χ3v) is 4.58. The molecule has 2 rings (SSSR count). The minimum atomic E-state index is -0.191. The number of nitrogens with one attached hydrogen (secondary N) is 2. The van der Waals surface area contributed by atoms with Gasteiger partial charge in [0.25, 0.3) is 0 Å². The lowest BCUT2D eigenvalue weighted by Crippen LogP contribution is -2.37. The second-order valence-electron chi connectivity index (χ2n) is 6.51. The van der Waals surface area contributed by atoms with Crippen LogP contribution in [0.3, 0.4) is 0 Å². The molecule has 0 saturated heterocycles. The van der Waals surface area contributed by atoms with Crippen molar-refractivity contribution >= 4 is 17.4 Å². The average molecular weight is 343 g/mol. The van der Waals surface area contributed by atoms with Crippen molar-refractivity contribution < 1.29 is 4.79 Å². The summed E-state index contributed by atoms with van der Waals surface area (Å²) < 4.78 is 1.88. The molecule has 0 fully saturated rings. The summed E-state index contributed by atoms with van der Waals surface area (Å²) in [6.07, 6.45) is 0.759. The molecule has 136 valence electrons. The molecule has 0 saturated carbocycles. The minimum absolute atomic E-state index is 0.0117. The highest BCUT2D eigenvalue weighted by Crippen LogP contribution is 2.24. The van der Waals surface area contributed by atoms with E-state index >= 15 is 0 Å². The Morgan fingerprint density at radius 2 is 2.00 bits per heavy atom. The van der Waals surface area contributed by atoms with Crippen LogP contribution in [0.1, 0.15) is 30.8 Å². The molecule has 6 nitrogen and oxygen atoms in total. The summed E-state index contributed by atoms with van der Waals surface area (Å²) in [5.41, 5.74) is 5.17. The number of aryl methyl sites for hydroxylation is 2. The normalized spacial score (nSPS) is 11.9. The lowest BCUT2D eigenvalue weighted by atomic mass is 10.1. The highest BCUT2D eigenvalue weighted by molar-refractivity contribution is 5.93. The number of amides is 2. The maximum absolute atomic E-state index is 12.4. The quantitative estimate of drug-likeness (QED) is 0.846. The number of carbonyl (C=O) groups excluding carboxylic acids is 1. The monoisotopic (exact) mass is 343 g/mol. The highest BCUT2D eigenvalue weighted by Gasteiger charge is 2.15. The Bertz CT molecular complexity index is 737. The van der Waals surface area contributed by atoms with Crippen molar-refractivity contribution in [1.82, 2.24) is 15.1 Å². The third-order valence-electron chi connectivity index (χ3n) is 4.58. The topological polar surface area (TPSA) is 62.2 Å². The van der Waals surface area contributed by atoms with Crippen molar-refractivity contribution in [2.45, 2.75) is 40.2 Å². The van der Waals surface area contributed by atoms with Gasteiger partial charge in [-0.05, 0) is 51.8 Å². The van der Waals surface area contributed by atoms with E-state index < -0.39 is 0 Å². The Labute approximate surface area is 150 Å². The molecule has 0 aliphatic heterocycles. The average Bonchev–Trinajstić information content (AvgIpc) is 2.80. The number of hydrogen-bond acceptors (Lipinski definition) is 3. The number of urea groups is 1. The van der Waals surface area contributed by atoms with Gasteiger partial charge in [0, 0.05) is 32.4 Å². The Morgan fingerprint density at radius 1 is 1.32 bits per heavy atom. The van der Waals surface area contributed by atoms with Gasteiger partial charge in [0.2, 0.25) is 0 Å². The van der Waals surface area contributed by atoms with Crippen molar-refractivity contribution in [2.24, 2.45) is 7.05 Å². The zero-order valence-electron chi connectivity index (χ0n) is 16.1. The zero-order valence-corrected chi connectivity index (χ0v) is 16.1. The van der Waals surface area contributed by atoms with Gasteiger partial charge >= 0.3 is 6.03 Å². The number of nitrogens with zero attached hydrogens (tertiary/aromatic N) is 3. The van der Waals surface area contributed by atoms with Crippen LogP contribution in [0.4, 0.5) is 16.2 Å². The van der Waals surface area contributed by atoms with E-state index in [1.807, 2.05) is 56.9 Å².